The summed E-state index contributed by atoms with van der Waals surface area (Å²) in [5.41, 5.74) is 8.25. The molecule has 1 aromatic heterocycles. The topological polar surface area (TPSA) is 48.6 Å². The van der Waals surface area contributed by atoms with Crippen molar-refractivity contribution >= 4 is 35.1 Å². The third-order valence-electron chi connectivity index (χ3n) is 4.99. The van der Waals surface area contributed by atoms with E-state index in [0.29, 0.717) is 5.82 Å². The zero-order chi connectivity index (χ0) is 19.7. The lowest BCUT2D eigenvalue weighted by atomic mass is 10.2. The molecule has 1 atom stereocenters. The van der Waals surface area contributed by atoms with E-state index in [0.717, 1.165) is 50.5 Å². The molecular formula is C20H23ClFN5S. The second-order valence-electron chi connectivity index (χ2n) is 7.11. The minimum atomic E-state index is -0.353. The Morgan fingerprint density at radius 2 is 1.86 bits per heavy atom. The molecule has 2 aliphatic heterocycles. The summed E-state index contributed by atoms with van der Waals surface area (Å²) in [7, 11) is 0. The summed E-state index contributed by atoms with van der Waals surface area (Å²) in [5, 5.41) is 0.188. The van der Waals surface area contributed by atoms with Crippen LogP contribution in [0.15, 0.2) is 53.6 Å². The van der Waals surface area contributed by atoms with E-state index in [9.17, 15) is 4.39 Å². The first kappa shape index (κ1) is 19.5. The van der Waals surface area contributed by atoms with Crippen LogP contribution in [0.4, 0.5) is 15.9 Å². The van der Waals surface area contributed by atoms with E-state index in [2.05, 4.69) is 49.9 Å². The van der Waals surface area contributed by atoms with Crippen LogP contribution in [0.1, 0.15) is 6.42 Å². The Labute approximate surface area is 174 Å². The molecule has 0 amide bonds. The minimum Gasteiger partial charge on any atom is -0.354 e. The summed E-state index contributed by atoms with van der Waals surface area (Å²) in [6, 6.07) is 11.4. The van der Waals surface area contributed by atoms with Crippen molar-refractivity contribution in [1.82, 2.24) is 9.29 Å². The SMILES string of the molecule is C=C1CC(N)CN1c1ccc(SN2CCN(c3cc(F)cc(Cl)n3)CC2)cc1. The largest absolute Gasteiger partial charge is 0.354 e. The van der Waals surface area contributed by atoms with Crippen molar-refractivity contribution < 1.29 is 4.39 Å². The summed E-state index contributed by atoms with van der Waals surface area (Å²) in [6.45, 7) is 8.22. The van der Waals surface area contributed by atoms with E-state index in [-0.39, 0.29) is 17.0 Å². The Balaban J connectivity index is 1.33. The Bertz CT molecular complexity index is 834. The molecule has 0 spiro atoms. The maximum absolute atomic E-state index is 13.6. The highest BCUT2D eigenvalue weighted by atomic mass is 35.5. The van der Waals surface area contributed by atoms with E-state index in [1.807, 2.05) is 0 Å². The van der Waals surface area contributed by atoms with Gasteiger partial charge in [-0.2, -0.15) is 0 Å². The number of halogens is 2. The molecule has 0 radical (unpaired) electrons. The van der Waals surface area contributed by atoms with Gasteiger partial charge in [0.2, 0.25) is 0 Å². The van der Waals surface area contributed by atoms with Gasteiger partial charge in [0.05, 0.1) is 0 Å². The van der Waals surface area contributed by atoms with E-state index in [1.54, 1.807) is 11.9 Å². The van der Waals surface area contributed by atoms with Crippen molar-refractivity contribution in [3.05, 3.63) is 59.6 Å². The number of hydrogen-bond acceptors (Lipinski definition) is 6. The second-order valence-corrected chi connectivity index (χ2v) is 8.67. The van der Waals surface area contributed by atoms with Crippen molar-refractivity contribution in [3.8, 4) is 0 Å². The number of rotatable bonds is 4. The van der Waals surface area contributed by atoms with Crippen LogP contribution in [-0.2, 0) is 0 Å². The monoisotopic (exact) mass is 419 g/mol. The lowest BCUT2D eigenvalue weighted by molar-refractivity contribution is 0.427. The van der Waals surface area contributed by atoms with Gasteiger partial charge in [-0.1, -0.05) is 18.2 Å². The second kappa shape index (κ2) is 8.29. The molecule has 28 heavy (non-hydrogen) atoms. The highest BCUT2D eigenvalue weighted by Gasteiger charge is 2.23. The molecule has 0 bridgehead atoms. The van der Waals surface area contributed by atoms with Crippen LogP contribution in [0.2, 0.25) is 5.15 Å². The quantitative estimate of drug-likeness (QED) is 0.601. The van der Waals surface area contributed by atoms with Crippen LogP contribution >= 0.6 is 23.5 Å². The highest BCUT2D eigenvalue weighted by Crippen LogP contribution is 2.31. The molecule has 5 nitrogen and oxygen atoms in total. The Morgan fingerprint density at radius 1 is 1.14 bits per heavy atom. The van der Waals surface area contributed by atoms with Crippen LogP contribution in [0, 0.1) is 5.82 Å². The lowest BCUT2D eigenvalue weighted by Gasteiger charge is -2.34. The average molecular weight is 420 g/mol. The maximum atomic E-state index is 13.6. The summed E-state index contributed by atoms with van der Waals surface area (Å²) in [5.74, 6) is 0.247. The molecular weight excluding hydrogens is 397 g/mol. The Kier molecular flexibility index (Phi) is 5.78. The average Bonchev–Trinajstić information content (AvgIpc) is 3.00. The molecule has 0 aliphatic carbocycles. The van der Waals surface area contributed by atoms with Crippen molar-refractivity contribution in [2.24, 2.45) is 5.73 Å². The van der Waals surface area contributed by atoms with E-state index in [4.69, 9.17) is 17.3 Å². The molecule has 1 unspecified atom stereocenters. The molecule has 2 aromatic rings. The molecule has 0 saturated carbocycles. The number of anilines is 2. The van der Waals surface area contributed by atoms with Crippen LogP contribution in [0.25, 0.3) is 0 Å². The van der Waals surface area contributed by atoms with Crippen LogP contribution in [0.3, 0.4) is 0 Å². The van der Waals surface area contributed by atoms with Gasteiger partial charge in [0.1, 0.15) is 16.8 Å². The smallest absolute Gasteiger partial charge is 0.134 e. The lowest BCUT2D eigenvalue weighted by Crippen LogP contribution is -2.43. The van der Waals surface area contributed by atoms with E-state index >= 15 is 0 Å². The van der Waals surface area contributed by atoms with Gasteiger partial charge in [0, 0.05) is 73.6 Å². The first-order chi connectivity index (χ1) is 13.5. The first-order valence-corrected chi connectivity index (χ1v) is 10.4. The van der Waals surface area contributed by atoms with Crippen LogP contribution in [0.5, 0.6) is 0 Å². The normalized spacial score (nSPS) is 20.8. The molecule has 8 heteroatoms. The molecule has 148 valence electrons. The number of aromatic nitrogens is 1. The van der Waals surface area contributed by atoms with Crippen LogP contribution < -0.4 is 15.5 Å². The summed E-state index contributed by atoms with van der Waals surface area (Å²) < 4.78 is 15.9. The fourth-order valence-corrected chi connectivity index (χ4v) is 4.68. The zero-order valence-electron chi connectivity index (χ0n) is 15.5. The van der Waals surface area contributed by atoms with Gasteiger partial charge in [-0.15, -0.1) is 0 Å². The number of nitrogens with two attached hydrogens (primary N) is 1. The Morgan fingerprint density at radius 3 is 2.46 bits per heavy atom. The third-order valence-corrected chi connectivity index (χ3v) is 6.29. The van der Waals surface area contributed by atoms with Crippen molar-refractivity contribution in [2.45, 2.75) is 17.4 Å². The highest BCUT2D eigenvalue weighted by molar-refractivity contribution is 7.97. The van der Waals surface area contributed by atoms with Crippen molar-refractivity contribution in [2.75, 3.05) is 42.5 Å². The van der Waals surface area contributed by atoms with E-state index in [1.165, 1.54) is 17.0 Å². The van der Waals surface area contributed by atoms with Gasteiger partial charge in [0.25, 0.3) is 0 Å². The number of pyridine rings is 1. The molecule has 2 fully saturated rings. The summed E-state index contributed by atoms with van der Waals surface area (Å²) >= 11 is 7.62. The molecule has 1 aromatic carbocycles. The maximum Gasteiger partial charge on any atom is 0.134 e. The fourth-order valence-electron chi connectivity index (χ4n) is 3.59. The number of piperazine rings is 1. The van der Waals surface area contributed by atoms with Crippen molar-refractivity contribution in [1.29, 1.82) is 0 Å². The van der Waals surface area contributed by atoms with Crippen molar-refractivity contribution in [3.63, 3.8) is 0 Å². The first-order valence-electron chi connectivity index (χ1n) is 9.30. The summed E-state index contributed by atoms with van der Waals surface area (Å²) in [4.78, 5) is 9.68. The Hall–Kier alpha value is -1.80. The third kappa shape index (κ3) is 4.43. The van der Waals surface area contributed by atoms with Gasteiger partial charge in [-0.25, -0.2) is 13.7 Å². The predicted molar refractivity (Wildman–Crippen MR) is 114 cm³/mol. The van der Waals surface area contributed by atoms with Gasteiger partial charge in [-0.05, 0) is 36.2 Å². The van der Waals surface area contributed by atoms with E-state index < -0.39 is 0 Å². The van der Waals surface area contributed by atoms with Crippen LogP contribution in [-0.4, -0.2) is 48.1 Å². The number of nitrogens with zero attached hydrogens (tertiary/aromatic N) is 4. The number of hydrogen-bond donors (Lipinski definition) is 1. The summed E-state index contributed by atoms with van der Waals surface area (Å²) in [6.07, 6.45) is 0.853. The molecule has 4 rings (SSSR count). The molecule has 2 aliphatic rings. The standard InChI is InChI=1S/C20H23ClFN5S/c1-14-10-16(23)13-27(14)17-2-4-18(5-3-17)28-26-8-6-25(7-9-26)20-12-15(22)11-19(21)24-20/h2-5,11-12,16H,1,6-10,13,23H2. The molecule has 2 saturated heterocycles. The van der Waals surface area contributed by atoms with Gasteiger partial charge >= 0.3 is 0 Å². The predicted octanol–water partition coefficient (Wildman–Crippen LogP) is 3.75. The van der Waals surface area contributed by atoms with Gasteiger partial charge in [-0.3, -0.25) is 0 Å². The molecule has 3 heterocycles. The zero-order valence-corrected chi connectivity index (χ0v) is 17.1. The fraction of sp³-hybridized carbons (Fsp3) is 0.350. The van der Waals surface area contributed by atoms with Gasteiger partial charge < -0.3 is 15.5 Å². The van der Waals surface area contributed by atoms with Gasteiger partial charge in [0.15, 0.2) is 0 Å². The number of benzene rings is 1. The minimum absolute atomic E-state index is 0.167. The molecule has 2 N–H and O–H groups in total.